The van der Waals surface area contributed by atoms with E-state index in [4.69, 9.17) is 18.9 Å². The molecule has 208 valence electrons. The molecule has 0 unspecified atom stereocenters. The summed E-state index contributed by atoms with van der Waals surface area (Å²) in [6.07, 6.45) is -0.881. The molecule has 4 aromatic carbocycles. The Kier molecular flexibility index (Phi) is 10.5. The topological polar surface area (TPSA) is 57.2 Å². The summed E-state index contributed by atoms with van der Waals surface area (Å²) in [5, 5.41) is 10.5. The fraction of sp³-hybridized carbons (Fsp3) is 0.314. The third kappa shape index (κ3) is 7.87. The quantitative estimate of drug-likeness (QED) is 0.215. The number of ether oxygens (including phenoxy) is 4. The molecule has 0 bridgehead atoms. The molecule has 1 fully saturated rings. The van der Waals surface area contributed by atoms with Crippen molar-refractivity contribution in [2.24, 2.45) is 5.92 Å². The van der Waals surface area contributed by atoms with Crippen molar-refractivity contribution in [1.29, 1.82) is 0 Å². The molecule has 40 heavy (non-hydrogen) atoms. The van der Waals surface area contributed by atoms with Gasteiger partial charge in [-0.05, 0) is 28.7 Å². The van der Waals surface area contributed by atoms with Gasteiger partial charge in [0.2, 0.25) is 0 Å². The number of aliphatic hydroxyl groups is 1. The van der Waals surface area contributed by atoms with Crippen LogP contribution >= 0.6 is 0 Å². The largest absolute Gasteiger partial charge is 0.396 e. The van der Waals surface area contributed by atoms with Crippen LogP contribution in [0.4, 0.5) is 0 Å². The maximum absolute atomic E-state index is 10.5. The summed E-state index contributed by atoms with van der Waals surface area (Å²) in [5.41, 5.74) is 4.32. The van der Waals surface area contributed by atoms with Crippen LogP contribution < -0.4 is 0 Å². The van der Waals surface area contributed by atoms with Crippen LogP contribution in [0.25, 0.3) is 0 Å². The maximum Gasteiger partial charge on any atom is 0.113 e. The SMILES string of the molecule is OC[C@@H]1C[C@@H](OCc2ccccc2)[C@H](OCc2ccccc2)[C@H](OCc2ccccc2)[C@H]1OCc1ccccc1. The molecule has 0 aromatic heterocycles. The summed E-state index contributed by atoms with van der Waals surface area (Å²) in [5.74, 6) is -0.165. The molecule has 5 atom stereocenters. The van der Waals surface area contributed by atoms with Gasteiger partial charge < -0.3 is 24.1 Å². The monoisotopic (exact) mass is 538 g/mol. The molecule has 0 amide bonds. The summed E-state index contributed by atoms with van der Waals surface area (Å²) in [4.78, 5) is 0. The molecule has 1 aliphatic rings. The highest BCUT2D eigenvalue weighted by atomic mass is 16.6. The van der Waals surface area contributed by atoms with Crippen LogP contribution in [-0.4, -0.2) is 36.1 Å². The highest BCUT2D eigenvalue weighted by Crippen LogP contribution is 2.35. The van der Waals surface area contributed by atoms with Gasteiger partial charge in [0.25, 0.3) is 0 Å². The molecule has 0 spiro atoms. The van der Waals surface area contributed by atoms with Gasteiger partial charge in [0.05, 0.1) is 38.6 Å². The minimum absolute atomic E-state index is 0.0265. The average Bonchev–Trinajstić information content (AvgIpc) is 3.03. The Balaban J connectivity index is 1.41. The predicted octanol–water partition coefficient (Wildman–Crippen LogP) is 6.34. The van der Waals surface area contributed by atoms with Gasteiger partial charge in [-0.25, -0.2) is 0 Å². The first kappa shape index (κ1) is 28.2. The van der Waals surface area contributed by atoms with E-state index < -0.39 is 12.2 Å². The second-order valence-corrected chi connectivity index (χ2v) is 10.3. The van der Waals surface area contributed by atoms with E-state index in [0.717, 1.165) is 22.3 Å². The Morgan fingerprint density at radius 1 is 0.450 bits per heavy atom. The number of hydrogen-bond donors (Lipinski definition) is 1. The van der Waals surface area contributed by atoms with Crippen molar-refractivity contribution in [2.45, 2.75) is 57.3 Å². The first-order valence-corrected chi connectivity index (χ1v) is 14.0. The van der Waals surface area contributed by atoms with Crippen LogP contribution in [0.2, 0.25) is 0 Å². The number of benzene rings is 4. The van der Waals surface area contributed by atoms with Crippen molar-refractivity contribution in [1.82, 2.24) is 0 Å². The molecule has 0 heterocycles. The lowest BCUT2D eigenvalue weighted by Gasteiger charge is -2.45. The minimum atomic E-state index is -0.445. The van der Waals surface area contributed by atoms with E-state index in [1.54, 1.807) is 0 Å². The van der Waals surface area contributed by atoms with Gasteiger partial charge in [-0.3, -0.25) is 0 Å². The molecule has 1 aliphatic carbocycles. The maximum atomic E-state index is 10.5. The van der Waals surface area contributed by atoms with Gasteiger partial charge in [-0.2, -0.15) is 0 Å². The Hall–Kier alpha value is -3.32. The molecule has 4 aromatic rings. The standard InChI is InChI=1S/C35H38O5/c36-22-31-21-32(37-23-27-13-5-1-6-14-27)34(39-25-29-17-9-3-10-18-29)35(40-26-30-19-11-4-12-20-30)33(31)38-24-28-15-7-2-8-16-28/h1-20,31-36H,21-26H2/t31-,32+,33-,34-,35+/m0/s1. The van der Waals surface area contributed by atoms with E-state index in [1.165, 1.54) is 0 Å². The number of hydrogen-bond acceptors (Lipinski definition) is 5. The van der Waals surface area contributed by atoms with Gasteiger partial charge >= 0.3 is 0 Å². The minimum Gasteiger partial charge on any atom is -0.396 e. The molecule has 5 rings (SSSR count). The molecular weight excluding hydrogens is 500 g/mol. The highest BCUT2D eigenvalue weighted by molar-refractivity contribution is 5.16. The summed E-state index contributed by atoms with van der Waals surface area (Å²) >= 11 is 0. The van der Waals surface area contributed by atoms with E-state index in [1.807, 2.05) is 84.9 Å². The zero-order valence-electron chi connectivity index (χ0n) is 22.8. The molecular formula is C35H38O5. The van der Waals surface area contributed by atoms with Crippen LogP contribution in [0, 0.1) is 5.92 Å². The fourth-order valence-corrected chi connectivity index (χ4v) is 5.28. The van der Waals surface area contributed by atoms with Crippen LogP contribution in [0.5, 0.6) is 0 Å². The second kappa shape index (κ2) is 14.9. The molecule has 0 saturated heterocycles. The summed E-state index contributed by atoms with van der Waals surface area (Å²) < 4.78 is 26.3. The molecule has 0 radical (unpaired) electrons. The lowest BCUT2D eigenvalue weighted by Crippen LogP contribution is -2.58. The van der Waals surface area contributed by atoms with E-state index in [0.29, 0.717) is 32.8 Å². The second-order valence-electron chi connectivity index (χ2n) is 10.3. The Morgan fingerprint density at radius 3 is 1.20 bits per heavy atom. The third-order valence-electron chi connectivity index (χ3n) is 7.41. The van der Waals surface area contributed by atoms with E-state index >= 15 is 0 Å². The molecule has 1 saturated carbocycles. The lowest BCUT2D eigenvalue weighted by atomic mass is 9.80. The van der Waals surface area contributed by atoms with Crippen LogP contribution in [0.15, 0.2) is 121 Å². The highest BCUT2D eigenvalue weighted by Gasteiger charge is 2.47. The number of aliphatic hydroxyl groups excluding tert-OH is 1. The van der Waals surface area contributed by atoms with Crippen molar-refractivity contribution >= 4 is 0 Å². The first-order chi connectivity index (χ1) is 19.8. The average molecular weight is 539 g/mol. The summed E-state index contributed by atoms with van der Waals surface area (Å²) in [6, 6.07) is 40.5. The van der Waals surface area contributed by atoms with Gasteiger partial charge in [0, 0.05) is 12.5 Å². The lowest BCUT2D eigenvalue weighted by molar-refractivity contribution is -0.233. The van der Waals surface area contributed by atoms with Crippen LogP contribution in [0.1, 0.15) is 28.7 Å². The van der Waals surface area contributed by atoms with Crippen molar-refractivity contribution in [2.75, 3.05) is 6.61 Å². The van der Waals surface area contributed by atoms with Gasteiger partial charge in [0.1, 0.15) is 12.2 Å². The van der Waals surface area contributed by atoms with Crippen molar-refractivity contribution in [3.8, 4) is 0 Å². The normalized spacial score (nSPS) is 22.7. The molecule has 1 N–H and O–H groups in total. The van der Waals surface area contributed by atoms with Gasteiger partial charge in [-0.1, -0.05) is 121 Å². The van der Waals surface area contributed by atoms with Crippen LogP contribution in [0.3, 0.4) is 0 Å². The number of rotatable bonds is 13. The smallest absolute Gasteiger partial charge is 0.113 e. The summed E-state index contributed by atoms with van der Waals surface area (Å²) in [7, 11) is 0. The van der Waals surface area contributed by atoms with Gasteiger partial charge in [-0.15, -0.1) is 0 Å². The Morgan fingerprint density at radius 2 is 0.800 bits per heavy atom. The van der Waals surface area contributed by atoms with Crippen molar-refractivity contribution in [3.05, 3.63) is 144 Å². The Bertz CT molecular complexity index is 1240. The zero-order valence-corrected chi connectivity index (χ0v) is 22.8. The van der Waals surface area contributed by atoms with E-state index in [9.17, 15) is 5.11 Å². The van der Waals surface area contributed by atoms with Crippen molar-refractivity contribution in [3.63, 3.8) is 0 Å². The molecule has 0 aliphatic heterocycles. The van der Waals surface area contributed by atoms with Gasteiger partial charge in [0.15, 0.2) is 0 Å². The molecule has 5 heteroatoms. The Labute approximate surface area is 237 Å². The van der Waals surface area contributed by atoms with E-state index in [-0.39, 0.29) is 24.7 Å². The van der Waals surface area contributed by atoms with E-state index in [2.05, 4.69) is 36.4 Å². The third-order valence-corrected chi connectivity index (χ3v) is 7.41. The zero-order chi connectivity index (χ0) is 27.4. The molecule has 5 nitrogen and oxygen atoms in total. The first-order valence-electron chi connectivity index (χ1n) is 14.0. The fourth-order valence-electron chi connectivity index (χ4n) is 5.28. The van der Waals surface area contributed by atoms with Crippen molar-refractivity contribution < 1.29 is 24.1 Å². The van der Waals surface area contributed by atoms with Crippen LogP contribution in [-0.2, 0) is 45.4 Å². The predicted molar refractivity (Wildman–Crippen MR) is 155 cm³/mol. The summed E-state index contributed by atoms with van der Waals surface area (Å²) in [6.45, 7) is 1.69.